The molecule has 0 saturated heterocycles. The van der Waals surface area contributed by atoms with Gasteiger partial charge >= 0.3 is 0 Å². The predicted octanol–water partition coefficient (Wildman–Crippen LogP) is 9.37. The molecule has 0 radical (unpaired) electrons. The summed E-state index contributed by atoms with van der Waals surface area (Å²) in [6.45, 7) is 5.93. The first kappa shape index (κ1) is 26.9. The number of nitrogens with one attached hydrogen (secondary N) is 1. The standard InChI is InChI=1S/C39H31N5/c1-3-26(21-23-40)28-13-17-30(18-14-28)43-36-11-7-5-9-32(36)34-25-35-33-10-6-8-12-37(33)44(39(35)42-38(34)43)31-19-15-29(16-20-31)27(4-2)22-24-41/h3-25,40H,1,41H2,2H3/b24-22-,26-21+,27-4+,40-23?. The van der Waals surface area contributed by atoms with Crippen LogP contribution in [0, 0.1) is 5.41 Å². The molecule has 7 aromatic rings. The highest BCUT2D eigenvalue weighted by atomic mass is 15.1. The van der Waals surface area contributed by atoms with Gasteiger partial charge in [0, 0.05) is 39.1 Å². The third kappa shape index (κ3) is 4.26. The Morgan fingerprint density at radius 1 is 0.705 bits per heavy atom. The molecule has 0 bridgehead atoms. The molecule has 3 aromatic heterocycles. The molecule has 212 valence electrons. The summed E-state index contributed by atoms with van der Waals surface area (Å²) in [7, 11) is 0. The fourth-order valence-corrected chi connectivity index (χ4v) is 6.22. The Hall–Kier alpha value is -5.94. The molecule has 0 aliphatic carbocycles. The van der Waals surface area contributed by atoms with Gasteiger partial charge in [0.1, 0.15) is 11.3 Å². The van der Waals surface area contributed by atoms with Crippen LogP contribution in [0.4, 0.5) is 0 Å². The normalized spacial score (nSPS) is 12.7. The maximum absolute atomic E-state index is 7.49. The van der Waals surface area contributed by atoms with E-state index in [1.165, 1.54) is 6.21 Å². The van der Waals surface area contributed by atoms with Crippen molar-refractivity contribution in [1.82, 2.24) is 14.1 Å². The first-order valence-electron chi connectivity index (χ1n) is 14.6. The van der Waals surface area contributed by atoms with Gasteiger partial charge in [0.15, 0.2) is 0 Å². The van der Waals surface area contributed by atoms with Crippen molar-refractivity contribution in [3.8, 4) is 11.4 Å². The van der Waals surface area contributed by atoms with Crippen LogP contribution in [0.5, 0.6) is 0 Å². The van der Waals surface area contributed by atoms with E-state index in [9.17, 15) is 0 Å². The molecule has 0 aliphatic heterocycles. The van der Waals surface area contributed by atoms with Crippen LogP contribution in [0.2, 0.25) is 0 Å². The van der Waals surface area contributed by atoms with Gasteiger partial charge in [-0.25, -0.2) is 4.98 Å². The highest BCUT2D eigenvalue weighted by Crippen LogP contribution is 2.38. The summed E-state index contributed by atoms with van der Waals surface area (Å²) < 4.78 is 4.50. The number of fused-ring (bicyclic) bond motifs is 6. The Balaban J connectivity index is 1.50. The minimum atomic E-state index is 0.899. The second-order valence-corrected chi connectivity index (χ2v) is 10.6. The molecule has 0 amide bonds. The number of hydrogen-bond donors (Lipinski definition) is 2. The number of hydrogen-bond acceptors (Lipinski definition) is 3. The second-order valence-electron chi connectivity index (χ2n) is 10.6. The van der Waals surface area contributed by atoms with Crippen LogP contribution in [0.25, 0.3) is 66.4 Å². The molecule has 44 heavy (non-hydrogen) atoms. The zero-order valence-electron chi connectivity index (χ0n) is 24.4. The first-order valence-corrected chi connectivity index (χ1v) is 14.6. The molecule has 3 N–H and O–H groups in total. The lowest BCUT2D eigenvalue weighted by atomic mass is 10.1. The minimum absolute atomic E-state index is 0.899. The van der Waals surface area contributed by atoms with Gasteiger partial charge in [0.25, 0.3) is 0 Å². The molecule has 3 heterocycles. The van der Waals surface area contributed by atoms with E-state index in [1.54, 1.807) is 18.4 Å². The number of benzene rings is 4. The first-order chi connectivity index (χ1) is 21.7. The Morgan fingerprint density at radius 3 is 1.66 bits per heavy atom. The zero-order valence-corrected chi connectivity index (χ0v) is 24.4. The van der Waals surface area contributed by atoms with E-state index < -0.39 is 0 Å². The maximum atomic E-state index is 7.49. The van der Waals surface area contributed by atoms with E-state index in [-0.39, 0.29) is 0 Å². The number of nitrogens with zero attached hydrogens (tertiary/aromatic N) is 3. The van der Waals surface area contributed by atoms with Crippen molar-refractivity contribution < 1.29 is 0 Å². The van der Waals surface area contributed by atoms with Gasteiger partial charge in [0.2, 0.25) is 0 Å². The zero-order chi connectivity index (χ0) is 30.2. The molecular weight excluding hydrogens is 538 g/mol. The summed E-state index contributed by atoms with van der Waals surface area (Å²) in [6, 6.07) is 36.2. The number of aromatic nitrogens is 3. The lowest BCUT2D eigenvalue weighted by Crippen LogP contribution is -1.99. The average molecular weight is 570 g/mol. The smallest absolute Gasteiger partial charge is 0.148 e. The molecule has 4 aromatic carbocycles. The van der Waals surface area contributed by atoms with Crippen molar-refractivity contribution in [1.29, 1.82) is 5.41 Å². The molecule has 0 saturated carbocycles. The van der Waals surface area contributed by atoms with Crippen LogP contribution in [0.1, 0.15) is 18.1 Å². The summed E-state index contributed by atoms with van der Waals surface area (Å²) in [6.07, 6.45) is 10.4. The molecule has 0 atom stereocenters. The van der Waals surface area contributed by atoms with Crippen molar-refractivity contribution in [3.05, 3.63) is 151 Å². The number of allylic oxidation sites excluding steroid dienone is 6. The van der Waals surface area contributed by atoms with Gasteiger partial charge < -0.3 is 11.1 Å². The van der Waals surface area contributed by atoms with E-state index in [1.807, 2.05) is 13.0 Å². The number of rotatable bonds is 7. The van der Waals surface area contributed by atoms with Gasteiger partial charge in [-0.2, -0.15) is 0 Å². The Bertz CT molecular complexity index is 2310. The van der Waals surface area contributed by atoms with E-state index in [0.717, 1.165) is 77.5 Å². The third-order valence-electron chi connectivity index (χ3n) is 8.26. The fourth-order valence-electron chi connectivity index (χ4n) is 6.22. The summed E-state index contributed by atoms with van der Waals surface area (Å²) in [5.41, 5.74) is 15.9. The van der Waals surface area contributed by atoms with Crippen LogP contribution in [-0.4, -0.2) is 20.3 Å². The van der Waals surface area contributed by atoms with Gasteiger partial charge in [0.05, 0.1) is 11.0 Å². The van der Waals surface area contributed by atoms with Gasteiger partial charge in [-0.05, 0) is 90.0 Å². The Morgan fingerprint density at radius 2 is 1.20 bits per heavy atom. The van der Waals surface area contributed by atoms with E-state index in [4.69, 9.17) is 16.1 Å². The molecule has 0 unspecified atom stereocenters. The third-order valence-corrected chi connectivity index (χ3v) is 8.26. The Kier molecular flexibility index (Phi) is 6.76. The molecule has 0 fully saturated rings. The number of para-hydroxylation sites is 2. The summed E-state index contributed by atoms with van der Waals surface area (Å²) in [4.78, 5) is 5.44. The summed E-state index contributed by atoms with van der Waals surface area (Å²) in [5.74, 6) is 0. The number of nitrogens with two attached hydrogens (primary N) is 1. The van der Waals surface area contributed by atoms with Crippen molar-refractivity contribution in [3.63, 3.8) is 0 Å². The fraction of sp³-hybridized carbons (Fsp3) is 0.0256. The number of pyridine rings is 1. The highest BCUT2D eigenvalue weighted by Gasteiger charge is 2.19. The average Bonchev–Trinajstić information content (AvgIpc) is 3.57. The molecule has 7 rings (SSSR count). The van der Waals surface area contributed by atoms with Gasteiger partial charge in [-0.15, -0.1) is 0 Å². The van der Waals surface area contributed by atoms with E-state index in [0.29, 0.717) is 0 Å². The molecule has 5 heteroatoms. The van der Waals surface area contributed by atoms with Crippen LogP contribution in [-0.2, 0) is 0 Å². The Labute approximate surface area is 255 Å². The monoisotopic (exact) mass is 569 g/mol. The second kappa shape index (κ2) is 11.0. The van der Waals surface area contributed by atoms with Gasteiger partial charge in [-0.3, -0.25) is 9.13 Å². The maximum Gasteiger partial charge on any atom is 0.148 e. The molecular formula is C39H31N5. The highest BCUT2D eigenvalue weighted by molar-refractivity contribution is 6.16. The van der Waals surface area contributed by atoms with Crippen LogP contribution < -0.4 is 5.73 Å². The molecule has 5 nitrogen and oxygen atoms in total. The SMILES string of the molecule is C=C/C(=C\C=N)c1ccc(-n2c3ccccc3c3cc4c5ccccc5n(-c5ccc(C(/C=C\N)=C/C)cc5)c4nc32)cc1. The van der Waals surface area contributed by atoms with E-state index >= 15 is 0 Å². The van der Waals surface area contributed by atoms with Crippen molar-refractivity contribution in [2.45, 2.75) is 6.92 Å². The topological polar surface area (TPSA) is 72.6 Å². The molecule has 0 aliphatic rings. The van der Waals surface area contributed by atoms with Gasteiger partial charge in [-0.1, -0.05) is 79.4 Å². The van der Waals surface area contributed by atoms with E-state index in [2.05, 4.69) is 125 Å². The summed E-state index contributed by atoms with van der Waals surface area (Å²) in [5, 5.41) is 12.0. The van der Waals surface area contributed by atoms with Crippen molar-refractivity contribution >= 4 is 61.2 Å². The largest absolute Gasteiger partial charge is 0.405 e. The predicted molar refractivity (Wildman–Crippen MR) is 187 cm³/mol. The minimum Gasteiger partial charge on any atom is -0.405 e. The quantitative estimate of drug-likeness (QED) is 0.148. The van der Waals surface area contributed by atoms with Crippen molar-refractivity contribution in [2.75, 3.05) is 0 Å². The summed E-state index contributed by atoms with van der Waals surface area (Å²) >= 11 is 0. The van der Waals surface area contributed by atoms with Crippen LogP contribution in [0.3, 0.4) is 0 Å². The lowest BCUT2D eigenvalue weighted by molar-refractivity contribution is 1.11. The van der Waals surface area contributed by atoms with Crippen LogP contribution in [0.15, 0.2) is 140 Å². The lowest BCUT2D eigenvalue weighted by Gasteiger charge is -2.11. The van der Waals surface area contributed by atoms with Crippen LogP contribution >= 0.6 is 0 Å². The molecule has 0 spiro atoms. The van der Waals surface area contributed by atoms with Crippen molar-refractivity contribution in [2.24, 2.45) is 5.73 Å².